The number of fused-ring (bicyclic) bond motifs is 5. The molecule has 131 valence electrons. The zero-order valence-electron chi connectivity index (χ0n) is 15.7. The topological polar surface area (TPSA) is 9.23 Å². The largest absolute Gasteiger partial charge is 0.378 e. The summed E-state index contributed by atoms with van der Waals surface area (Å²) in [5.41, 5.74) is 5.16. The molecule has 24 heavy (non-hydrogen) atoms. The van der Waals surface area contributed by atoms with Crippen LogP contribution in [0.2, 0.25) is 0 Å². The average molecular weight is 326 g/mol. The Kier molecular flexibility index (Phi) is 4.49. The summed E-state index contributed by atoms with van der Waals surface area (Å²) >= 11 is 0. The second kappa shape index (κ2) is 6.48. The number of ether oxygens (including phenoxy) is 1. The predicted octanol–water partition coefficient (Wildman–Crippen LogP) is 5.70. The molecule has 0 unspecified atom stereocenters. The third kappa shape index (κ3) is 2.38. The summed E-state index contributed by atoms with van der Waals surface area (Å²) in [7, 11) is 0. The van der Waals surface area contributed by atoms with Crippen LogP contribution in [0.1, 0.15) is 81.9 Å². The van der Waals surface area contributed by atoms with E-state index < -0.39 is 0 Å². The van der Waals surface area contributed by atoms with Crippen LogP contribution >= 0.6 is 0 Å². The zero-order chi connectivity index (χ0) is 16.7. The maximum Gasteiger partial charge on any atom is 0.0633 e. The van der Waals surface area contributed by atoms with Gasteiger partial charge < -0.3 is 4.74 Å². The standard InChI is InChI=1S/C23H33O/c1-4-16-7-8-17-9-10-19-18(20(17)15-16)13-14-23(5-2)21(19)11-12-22(23)24-6-3/h8,15,18-19,21-22H,4-6,9-14H2,1-3H3/t18-,19+,21-,22-,23-/m0/s1. The lowest BCUT2D eigenvalue weighted by Gasteiger charge is -2.52. The van der Waals surface area contributed by atoms with Crippen molar-refractivity contribution in [3.63, 3.8) is 0 Å². The molecule has 0 heterocycles. The van der Waals surface area contributed by atoms with Crippen LogP contribution in [0, 0.1) is 23.3 Å². The van der Waals surface area contributed by atoms with Crippen molar-refractivity contribution in [3.8, 4) is 0 Å². The van der Waals surface area contributed by atoms with Gasteiger partial charge in [-0.05, 0) is 104 Å². The van der Waals surface area contributed by atoms with Crippen LogP contribution in [0.5, 0.6) is 0 Å². The molecule has 0 aromatic heterocycles. The van der Waals surface area contributed by atoms with E-state index in [1.165, 1.54) is 50.5 Å². The molecule has 1 heteroatoms. The van der Waals surface area contributed by atoms with Gasteiger partial charge in [-0.1, -0.05) is 26.0 Å². The van der Waals surface area contributed by atoms with E-state index in [-0.39, 0.29) is 0 Å². The fraction of sp³-hybridized carbons (Fsp3) is 0.739. The van der Waals surface area contributed by atoms with Crippen molar-refractivity contribution in [2.75, 3.05) is 6.61 Å². The highest BCUT2D eigenvalue weighted by molar-refractivity contribution is 5.38. The molecular formula is C23H33O. The Bertz CT molecular complexity index is 592. The first kappa shape index (κ1) is 16.6. The van der Waals surface area contributed by atoms with E-state index in [9.17, 15) is 0 Å². The number of hydrogen-bond acceptors (Lipinski definition) is 1. The monoisotopic (exact) mass is 325 g/mol. The molecule has 5 atom stereocenters. The van der Waals surface area contributed by atoms with E-state index in [4.69, 9.17) is 4.74 Å². The van der Waals surface area contributed by atoms with E-state index in [1.54, 1.807) is 11.1 Å². The van der Waals surface area contributed by atoms with Crippen LogP contribution in [0.25, 0.3) is 0 Å². The first-order valence-corrected chi connectivity index (χ1v) is 10.4. The van der Waals surface area contributed by atoms with Gasteiger partial charge in [-0.15, -0.1) is 0 Å². The Labute approximate surface area is 148 Å². The van der Waals surface area contributed by atoms with Crippen molar-refractivity contribution in [2.24, 2.45) is 17.3 Å². The molecule has 0 bridgehead atoms. The molecule has 0 N–H and O–H groups in total. The summed E-state index contributed by atoms with van der Waals surface area (Å²) in [6, 6.07) is 8.32. The molecule has 3 aliphatic rings. The minimum atomic E-state index is 0.475. The van der Waals surface area contributed by atoms with Crippen molar-refractivity contribution in [3.05, 3.63) is 34.9 Å². The molecule has 1 nitrogen and oxygen atoms in total. The van der Waals surface area contributed by atoms with Gasteiger partial charge in [-0.25, -0.2) is 0 Å². The summed E-state index contributed by atoms with van der Waals surface area (Å²) in [4.78, 5) is 0. The summed E-state index contributed by atoms with van der Waals surface area (Å²) < 4.78 is 6.25. The van der Waals surface area contributed by atoms with Crippen LogP contribution in [-0.2, 0) is 17.6 Å². The SMILES string of the molecule is CCO[C@H]1CC[C@H]2[C@@H]3CCc4c[c]c(CC)cc4[C@H]3CC[C@]12CC. The first-order valence-electron chi connectivity index (χ1n) is 10.4. The highest BCUT2D eigenvalue weighted by Crippen LogP contribution is 2.63. The average Bonchev–Trinajstić information content (AvgIpc) is 3.00. The molecule has 1 aromatic rings. The van der Waals surface area contributed by atoms with Gasteiger partial charge in [-0.2, -0.15) is 0 Å². The third-order valence-corrected chi connectivity index (χ3v) is 7.76. The van der Waals surface area contributed by atoms with Gasteiger partial charge in [0.05, 0.1) is 6.10 Å². The fourth-order valence-corrected chi connectivity index (χ4v) is 6.63. The molecule has 3 aliphatic carbocycles. The Hall–Kier alpha value is -0.820. The molecule has 1 aromatic carbocycles. The van der Waals surface area contributed by atoms with Gasteiger partial charge in [0.25, 0.3) is 0 Å². The molecule has 2 fully saturated rings. The van der Waals surface area contributed by atoms with E-state index >= 15 is 0 Å². The van der Waals surface area contributed by atoms with E-state index in [0.717, 1.165) is 30.8 Å². The summed E-state index contributed by atoms with van der Waals surface area (Å²) in [6.07, 6.45) is 11.0. The fourth-order valence-electron chi connectivity index (χ4n) is 6.63. The van der Waals surface area contributed by atoms with E-state index in [1.807, 2.05) is 0 Å². The molecule has 1 radical (unpaired) electrons. The Balaban J connectivity index is 1.66. The summed E-state index contributed by atoms with van der Waals surface area (Å²) in [5, 5.41) is 0. The molecule has 0 spiro atoms. The van der Waals surface area contributed by atoms with Gasteiger partial charge >= 0.3 is 0 Å². The van der Waals surface area contributed by atoms with Gasteiger partial charge in [0.2, 0.25) is 0 Å². The first-order chi connectivity index (χ1) is 11.7. The molecule has 0 amide bonds. The second-order valence-electron chi connectivity index (χ2n) is 8.35. The normalized spacial score (nSPS) is 37.6. The van der Waals surface area contributed by atoms with Crippen LogP contribution in [0.4, 0.5) is 0 Å². The highest BCUT2D eigenvalue weighted by Gasteiger charge is 2.56. The third-order valence-electron chi connectivity index (χ3n) is 7.76. The van der Waals surface area contributed by atoms with Crippen molar-refractivity contribution in [1.29, 1.82) is 0 Å². The summed E-state index contributed by atoms with van der Waals surface area (Å²) in [6.45, 7) is 7.73. The lowest BCUT2D eigenvalue weighted by atomic mass is 9.54. The van der Waals surface area contributed by atoms with Crippen molar-refractivity contribution in [2.45, 2.75) is 84.2 Å². The molecule has 0 saturated heterocycles. The number of aryl methyl sites for hydroxylation is 2. The highest BCUT2D eigenvalue weighted by atomic mass is 16.5. The quantitative estimate of drug-likeness (QED) is 0.690. The van der Waals surface area contributed by atoms with Crippen molar-refractivity contribution < 1.29 is 4.74 Å². The smallest absolute Gasteiger partial charge is 0.0633 e. The molecule has 2 saturated carbocycles. The second-order valence-corrected chi connectivity index (χ2v) is 8.35. The van der Waals surface area contributed by atoms with E-state index in [2.05, 4.69) is 39.0 Å². The Morgan fingerprint density at radius 3 is 2.79 bits per heavy atom. The van der Waals surface area contributed by atoms with Gasteiger partial charge in [0.1, 0.15) is 0 Å². The van der Waals surface area contributed by atoms with Crippen LogP contribution < -0.4 is 0 Å². The van der Waals surface area contributed by atoms with Crippen molar-refractivity contribution in [1.82, 2.24) is 0 Å². The maximum atomic E-state index is 6.25. The number of benzene rings is 1. The Morgan fingerprint density at radius 2 is 2.04 bits per heavy atom. The summed E-state index contributed by atoms with van der Waals surface area (Å²) in [5.74, 6) is 2.59. The molecule has 0 aliphatic heterocycles. The maximum absolute atomic E-state index is 6.25. The van der Waals surface area contributed by atoms with Crippen LogP contribution in [-0.4, -0.2) is 12.7 Å². The predicted molar refractivity (Wildman–Crippen MR) is 99.3 cm³/mol. The van der Waals surface area contributed by atoms with Gasteiger partial charge in [0, 0.05) is 6.61 Å². The Morgan fingerprint density at radius 1 is 1.17 bits per heavy atom. The van der Waals surface area contributed by atoms with Gasteiger partial charge in [-0.3, -0.25) is 0 Å². The number of rotatable bonds is 4. The lowest BCUT2D eigenvalue weighted by Crippen LogP contribution is -2.46. The van der Waals surface area contributed by atoms with Gasteiger partial charge in [0.15, 0.2) is 0 Å². The van der Waals surface area contributed by atoms with E-state index in [0.29, 0.717) is 11.5 Å². The zero-order valence-corrected chi connectivity index (χ0v) is 15.7. The number of hydrogen-bond donors (Lipinski definition) is 0. The molecule has 4 rings (SSSR count). The van der Waals surface area contributed by atoms with Crippen LogP contribution in [0.15, 0.2) is 12.1 Å². The minimum absolute atomic E-state index is 0.475. The molecular weight excluding hydrogens is 292 g/mol. The van der Waals surface area contributed by atoms with Crippen molar-refractivity contribution >= 4 is 0 Å². The lowest BCUT2D eigenvalue weighted by molar-refractivity contribution is -0.0734. The minimum Gasteiger partial charge on any atom is -0.378 e. The van der Waals surface area contributed by atoms with Crippen LogP contribution in [0.3, 0.4) is 0 Å².